The van der Waals surface area contributed by atoms with Crippen molar-refractivity contribution in [1.29, 1.82) is 0 Å². The highest BCUT2D eigenvalue weighted by atomic mass is 32.1. The van der Waals surface area contributed by atoms with Crippen LogP contribution in [-0.4, -0.2) is 36.1 Å². The molecule has 1 aliphatic heterocycles. The number of anilines is 2. The van der Waals surface area contributed by atoms with Crippen LogP contribution in [0, 0.1) is 13.8 Å². The maximum atomic E-state index is 5.09. The third-order valence-corrected chi connectivity index (χ3v) is 7.06. The minimum atomic E-state index is 0.768. The van der Waals surface area contributed by atoms with E-state index in [4.69, 9.17) is 9.97 Å². The number of benzene rings is 2. The molecule has 0 spiro atoms. The molecule has 0 saturated carbocycles. The number of fused-ring (bicyclic) bond motifs is 1. The zero-order chi connectivity index (χ0) is 20.5. The summed E-state index contributed by atoms with van der Waals surface area (Å²) in [7, 11) is 0. The summed E-state index contributed by atoms with van der Waals surface area (Å²) in [6.45, 7) is 8.35. The number of aromatic nitrogens is 2. The molecule has 0 amide bonds. The predicted octanol–water partition coefficient (Wildman–Crippen LogP) is 5.23. The van der Waals surface area contributed by atoms with E-state index in [-0.39, 0.29) is 0 Å². The summed E-state index contributed by atoms with van der Waals surface area (Å²) in [5, 5.41) is 1.24. The second-order valence-electron chi connectivity index (χ2n) is 7.90. The van der Waals surface area contributed by atoms with Crippen molar-refractivity contribution in [3.63, 3.8) is 0 Å². The molecule has 30 heavy (non-hydrogen) atoms. The van der Waals surface area contributed by atoms with Crippen LogP contribution in [-0.2, 0) is 6.42 Å². The van der Waals surface area contributed by atoms with Crippen molar-refractivity contribution in [2.75, 3.05) is 36.0 Å². The molecule has 2 aromatic carbocycles. The van der Waals surface area contributed by atoms with Gasteiger partial charge in [0.05, 0.1) is 5.39 Å². The number of para-hydroxylation sites is 1. The molecule has 0 atom stereocenters. The van der Waals surface area contributed by atoms with E-state index in [2.05, 4.69) is 84.3 Å². The first kappa shape index (κ1) is 19.1. The molecular formula is C25H26N4S. The summed E-state index contributed by atoms with van der Waals surface area (Å²) in [4.78, 5) is 17.4. The topological polar surface area (TPSA) is 32.3 Å². The Balaban J connectivity index is 1.47. The largest absolute Gasteiger partial charge is 0.368 e. The Morgan fingerprint density at radius 1 is 0.800 bits per heavy atom. The van der Waals surface area contributed by atoms with E-state index in [0.29, 0.717) is 0 Å². The highest BCUT2D eigenvalue weighted by Crippen LogP contribution is 2.35. The first-order valence-electron chi connectivity index (χ1n) is 10.5. The lowest BCUT2D eigenvalue weighted by molar-refractivity contribution is 0.647. The first-order chi connectivity index (χ1) is 14.7. The van der Waals surface area contributed by atoms with E-state index in [1.807, 2.05) is 0 Å². The van der Waals surface area contributed by atoms with Crippen molar-refractivity contribution < 1.29 is 0 Å². The van der Waals surface area contributed by atoms with Crippen LogP contribution >= 0.6 is 11.3 Å². The Labute approximate surface area is 181 Å². The van der Waals surface area contributed by atoms with Gasteiger partial charge in [0, 0.05) is 43.2 Å². The third kappa shape index (κ3) is 3.65. The molecule has 1 fully saturated rings. The van der Waals surface area contributed by atoms with E-state index in [9.17, 15) is 0 Å². The summed E-state index contributed by atoms with van der Waals surface area (Å²) in [5.41, 5.74) is 3.88. The van der Waals surface area contributed by atoms with Gasteiger partial charge in [-0.2, -0.15) is 0 Å². The van der Waals surface area contributed by atoms with Gasteiger partial charge >= 0.3 is 0 Å². The van der Waals surface area contributed by atoms with Crippen molar-refractivity contribution in [2.24, 2.45) is 0 Å². The molecule has 0 bridgehead atoms. The number of hydrogen-bond acceptors (Lipinski definition) is 5. The van der Waals surface area contributed by atoms with Crippen molar-refractivity contribution in [1.82, 2.24) is 9.97 Å². The van der Waals surface area contributed by atoms with E-state index < -0.39 is 0 Å². The Morgan fingerprint density at radius 3 is 2.13 bits per heavy atom. The second kappa shape index (κ2) is 8.07. The van der Waals surface area contributed by atoms with Gasteiger partial charge in [0.1, 0.15) is 16.5 Å². The fraction of sp³-hybridized carbons (Fsp3) is 0.280. The summed E-state index contributed by atoms with van der Waals surface area (Å²) in [6.07, 6.45) is 0.768. The molecule has 0 N–H and O–H groups in total. The number of thiophene rings is 1. The molecule has 0 radical (unpaired) electrons. The molecule has 3 heterocycles. The van der Waals surface area contributed by atoms with Crippen LogP contribution in [0.25, 0.3) is 10.2 Å². The van der Waals surface area contributed by atoms with Crippen LogP contribution < -0.4 is 9.80 Å². The normalized spacial score (nSPS) is 14.5. The molecule has 0 unspecified atom stereocenters. The third-order valence-electron chi connectivity index (χ3n) is 5.96. The highest BCUT2D eigenvalue weighted by molar-refractivity contribution is 7.18. The lowest BCUT2D eigenvalue weighted by Gasteiger charge is -2.37. The van der Waals surface area contributed by atoms with Gasteiger partial charge in [-0.25, -0.2) is 9.97 Å². The van der Waals surface area contributed by atoms with E-state index in [1.165, 1.54) is 27.1 Å². The monoisotopic (exact) mass is 414 g/mol. The highest BCUT2D eigenvalue weighted by Gasteiger charge is 2.23. The number of rotatable bonds is 4. The van der Waals surface area contributed by atoms with Gasteiger partial charge in [-0.15, -0.1) is 11.3 Å². The molecule has 4 nitrogen and oxygen atoms in total. The van der Waals surface area contributed by atoms with Gasteiger partial charge in [-0.1, -0.05) is 48.5 Å². The van der Waals surface area contributed by atoms with Gasteiger partial charge in [-0.05, 0) is 37.1 Å². The van der Waals surface area contributed by atoms with Crippen molar-refractivity contribution in [3.8, 4) is 0 Å². The zero-order valence-electron chi connectivity index (χ0n) is 17.5. The first-order valence-corrected chi connectivity index (χ1v) is 11.4. The lowest BCUT2D eigenvalue weighted by Crippen LogP contribution is -2.47. The molecule has 2 aromatic heterocycles. The fourth-order valence-corrected chi connectivity index (χ4v) is 5.22. The van der Waals surface area contributed by atoms with Crippen molar-refractivity contribution in [3.05, 3.63) is 82.5 Å². The van der Waals surface area contributed by atoms with E-state index in [1.54, 1.807) is 11.3 Å². The average Bonchev–Trinajstić information content (AvgIpc) is 3.08. The van der Waals surface area contributed by atoms with Gasteiger partial charge in [0.2, 0.25) is 0 Å². The number of piperazine rings is 1. The molecular weight excluding hydrogens is 388 g/mol. The standard InChI is InChI=1S/C25H26N4S/c1-18-19(2)30-25-23(18)24(26-22(27-25)17-20-9-5-3-6-10-20)29-15-13-28(14-16-29)21-11-7-4-8-12-21/h3-12H,13-17H2,1-2H3. The van der Waals surface area contributed by atoms with Crippen molar-refractivity contribution in [2.45, 2.75) is 20.3 Å². The SMILES string of the molecule is Cc1sc2nc(Cc3ccccc3)nc(N3CCN(c4ccccc4)CC3)c2c1C. The van der Waals surface area contributed by atoms with Gasteiger partial charge < -0.3 is 9.80 Å². The molecule has 5 heteroatoms. The Hall–Kier alpha value is -2.92. The summed E-state index contributed by atoms with van der Waals surface area (Å²) in [5.74, 6) is 2.02. The predicted molar refractivity (Wildman–Crippen MR) is 127 cm³/mol. The number of aryl methyl sites for hydroxylation is 2. The number of nitrogens with zero attached hydrogens (tertiary/aromatic N) is 4. The minimum Gasteiger partial charge on any atom is -0.368 e. The zero-order valence-corrected chi connectivity index (χ0v) is 18.3. The minimum absolute atomic E-state index is 0.768. The van der Waals surface area contributed by atoms with Gasteiger partial charge in [0.25, 0.3) is 0 Å². The molecule has 152 valence electrons. The molecule has 0 aliphatic carbocycles. The van der Waals surface area contributed by atoms with E-state index >= 15 is 0 Å². The number of hydrogen-bond donors (Lipinski definition) is 0. The fourth-order valence-electron chi connectivity index (χ4n) is 4.17. The molecule has 1 saturated heterocycles. The maximum Gasteiger partial charge on any atom is 0.141 e. The summed E-state index contributed by atoms with van der Waals surface area (Å²) in [6, 6.07) is 21.2. The smallest absolute Gasteiger partial charge is 0.141 e. The molecule has 5 rings (SSSR count). The van der Waals surface area contributed by atoms with Crippen LogP contribution in [0.4, 0.5) is 11.5 Å². The van der Waals surface area contributed by atoms with Crippen LogP contribution in [0.5, 0.6) is 0 Å². The molecule has 1 aliphatic rings. The quantitative estimate of drug-likeness (QED) is 0.458. The van der Waals surface area contributed by atoms with Crippen LogP contribution in [0.1, 0.15) is 21.8 Å². The van der Waals surface area contributed by atoms with Crippen LogP contribution in [0.15, 0.2) is 60.7 Å². The summed E-state index contributed by atoms with van der Waals surface area (Å²) < 4.78 is 0. The van der Waals surface area contributed by atoms with Crippen molar-refractivity contribution >= 4 is 33.1 Å². The maximum absolute atomic E-state index is 5.09. The molecule has 4 aromatic rings. The Bertz CT molecular complexity index is 1150. The lowest BCUT2D eigenvalue weighted by atomic mass is 10.1. The van der Waals surface area contributed by atoms with Gasteiger partial charge in [-0.3, -0.25) is 0 Å². The summed E-state index contributed by atoms with van der Waals surface area (Å²) >= 11 is 1.79. The van der Waals surface area contributed by atoms with Crippen LogP contribution in [0.3, 0.4) is 0 Å². The Morgan fingerprint density at radius 2 is 1.43 bits per heavy atom. The van der Waals surface area contributed by atoms with E-state index in [0.717, 1.165) is 49.1 Å². The van der Waals surface area contributed by atoms with Crippen LogP contribution in [0.2, 0.25) is 0 Å². The second-order valence-corrected chi connectivity index (χ2v) is 9.10. The Kier molecular flexibility index (Phi) is 5.13. The average molecular weight is 415 g/mol. The van der Waals surface area contributed by atoms with Gasteiger partial charge in [0.15, 0.2) is 0 Å².